The van der Waals surface area contributed by atoms with Crippen molar-refractivity contribution >= 4 is 27.7 Å². The molecule has 4 heteroatoms. The maximum atomic E-state index is 12.6. The number of aromatic nitrogens is 1. The predicted molar refractivity (Wildman–Crippen MR) is 99.6 cm³/mol. The van der Waals surface area contributed by atoms with Crippen molar-refractivity contribution in [2.75, 3.05) is 20.1 Å². The number of carbonyl (C=O) groups is 1. The van der Waals surface area contributed by atoms with Gasteiger partial charge in [0.05, 0.1) is 16.6 Å². The minimum Gasteiger partial charge on any atom is -0.352 e. The van der Waals surface area contributed by atoms with Gasteiger partial charge in [-0.05, 0) is 57.1 Å². The molecule has 0 saturated heterocycles. The maximum Gasteiger partial charge on any atom is 0.253 e. The number of aryl methyl sites for hydroxylation is 2. The average Bonchev–Trinajstić information content (AvgIpc) is 2.58. The molecule has 24 heavy (non-hydrogen) atoms. The van der Waals surface area contributed by atoms with Crippen LogP contribution in [0, 0.1) is 13.8 Å². The highest BCUT2D eigenvalue weighted by Crippen LogP contribution is 2.26. The van der Waals surface area contributed by atoms with Crippen molar-refractivity contribution in [3.8, 4) is 0 Å². The molecule has 0 aliphatic carbocycles. The third-order valence-electron chi connectivity index (χ3n) is 4.36. The summed E-state index contributed by atoms with van der Waals surface area (Å²) in [6.07, 6.45) is 0.904. The first kappa shape index (κ1) is 16.4. The Bertz CT molecular complexity index is 902. The van der Waals surface area contributed by atoms with Gasteiger partial charge in [-0.2, -0.15) is 0 Å². The van der Waals surface area contributed by atoms with E-state index in [1.54, 1.807) is 0 Å². The summed E-state index contributed by atoms with van der Waals surface area (Å²) in [6.45, 7) is 5.65. The molecule has 0 aliphatic heterocycles. The van der Waals surface area contributed by atoms with Crippen molar-refractivity contribution in [2.45, 2.75) is 20.3 Å². The van der Waals surface area contributed by atoms with Crippen LogP contribution in [0.4, 0.5) is 0 Å². The molecule has 0 atom stereocenters. The Kier molecular flexibility index (Phi) is 4.76. The maximum absolute atomic E-state index is 12.6. The van der Waals surface area contributed by atoms with Crippen LogP contribution in [-0.2, 0) is 0 Å². The Labute approximate surface area is 142 Å². The molecular weight excluding hydrogens is 298 g/mol. The summed E-state index contributed by atoms with van der Waals surface area (Å²) in [5, 5.41) is 8.22. The van der Waals surface area contributed by atoms with Gasteiger partial charge in [0.25, 0.3) is 5.91 Å². The molecule has 124 valence electrons. The van der Waals surface area contributed by atoms with Crippen molar-refractivity contribution < 1.29 is 4.79 Å². The van der Waals surface area contributed by atoms with Gasteiger partial charge < -0.3 is 10.6 Å². The van der Waals surface area contributed by atoms with Crippen LogP contribution in [0.5, 0.6) is 0 Å². The SMILES string of the molecule is CNCCCNC(=O)c1ccc(C)c2cc3cccc(C)c3nc12. The largest absolute Gasteiger partial charge is 0.352 e. The van der Waals surface area contributed by atoms with Gasteiger partial charge in [-0.3, -0.25) is 4.79 Å². The van der Waals surface area contributed by atoms with Gasteiger partial charge in [-0.15, -0.1) is 0 Å². The Morgan fingerprint density at radius 1 is 1.04 bits per heavy atom. The van der Waals surface area contributed by atoms with Gasteiger partial charge in [0, 0.05) is 17.3 Å². The molecule has 1 heterocycles. The lowest BCUT2D eigenvalue weighted by atomic mass is 10.0. The smallest absolute Gasteiger partial charge is 0.253 e. The highest BCUT2D eigenvalue weighted by atomic mass is 16.1. The Hall–Kier alpha value is -2.46. The van der Waals surface area contributed by atoms with Crippen LogP contribution in [-0.4, -0.2) is 31.0 Å². The predicted octanol–water partition coefficient (Wildman–Crippen LogP) is 3.34. The fourth-order valence-electron chi connectivity index (χ4n) is 2.98. The lowest BCUT2D eigenvalue weighted by molar-refractivity contribution is 0.0955. The summed E-state index contributed by atoms with van der Waals surface area (Å²) < 4.78 is 0. The second-order valence-electron chi connectivity index (χ2n) is 6.17. The molecule has 3 rings (SSSR count). The van der Waals surface area contributed by atoms with Gasteiger partial charge in [-0.25, -0.2) is 4.98 Å². The van der Waals surface area contributed by atoms with E-state index in [1.807, 2.05) is 25.2 Å². The molecule has 0 spiro atoms. The second kappa shape index (κ2) is 6.97. The quantitative estimate of drug-likeness (QED) is 0.560. The topological polar surface area (TPSA) is 54.0 Å². The Morgan fingerprint density at radius 2 is 1.88 bits per heavy atom. The third kappa shape index (κ3) is 3.10. The van der Waals surface area contributed by atoms with Crippen LogP contribution >= 0.6 is 0 Å². The first-order valence-corrected chi connectivity index (χ1v) is 8.34. The van der Waals surface area contributed by atoms with Crippen LogP contribution in [0.2, 0.25) is 0 Å². The first-order chi connectivity index (χ1) is 11.6. The molecule has 0 unspecified atom stereocenters. The van der Waals surface area contributed by atoms with Gasteiger partial charge in [0.2, 0.25) is 0 Å². The summed E-state index contributed by atoms with van der Waals surface area (Å²) in [5.74, 6) is -0.0588. The first-order valence-electron chi connectivity index (χ1n) is 8.34. The minimum atomic E-state index is -0.0588. The highest BCUT2D eigenvalue weighted by molar-refractivity contribution is 6.08. The van der Waals surface area contributed by atoms with Crippen LogP contribution in [0.25, 0.3) is 21.8 Å². The van der Waals surface area contributed by atoms with E-state index in [0.29, 0.717) is 12.1 Å². The zero-order valence-electron chi connectivity index (χ0n) is 14.4. The van der Waals surface area contributed by atoms with Crippen LogP contribution in [0.3, 0.4) is 0 Å². The number of carbonyl (C=O) groups excluding carboxylic acids is 1. The van der Waals surface area contributed by atoms with Crippen molar-refractivity contribution in [1.29, 1.82) is 0 Å². The number of hydrogen-bond acceptors (Lipinski definition) is 3. The number of nitrogens with zero attached hydrogens (tertiary/aromatic N) is 1. The van der Waals surface area contributed by atoms with Gasteiger partial charge in [0.15, 0.2) is 0 Å². The molecule has 0 fully saturated rings. The van der Waals surface area contributed by atoms with Gasteiger partial charge >= 0.3 is 0 Å². The lowest BCUT2D eigenvalue weighted by Crippen LogP contribution is -2.27. The standard InChI is InChI=1S/C20H23N3O/c1-13-8-9-16(20(24)22-11-5-10-21-3)19-17(13)12-15-7-4-6-14(2)18(15)23-19/h4,6-9,12,21H,5,10-11H2,1-3H3,(H,22,24). The Morgan fingerprint density at radius 3 is 2.67 bits per heavy atom. The minimum absolute atomic E-state index is 0.0588. The summed E-state index contributed by atoms with van der Waals surface area (Å²) in [6, 6.07) is 12.2. The van der Waals surface area contributed by atoms with Crippen molar-refractivity contribution in [3.05, 3.63) is 53.1 Å². The van der Waals surface area contributed by atoms with Crippen molar-refractivity contribution in [3.63, 3.8) is 0 Å². The van der Waals surface area contributed by atoms with E-state index in [0.717, 1.165) is 45.9 Å². The molecule has 2 N–H and O–H groups in total. The number of amides is 1. The fourth-order valence-corrected chi connectivity index (χ4v) is 2.98. The summed E-state index contributed by atoms with van der Waals surface area (Å²) >= 11 is 0. The lowest BCUT2D eigenvalue weighted by Gasteiger charge is -2.11. The zero-order chi connectivity index (χ0) is 17.1. The van der Waals surface area contributed by atoms with E-state index in [4.69, 9.17) is 4.98 Å². The highest BCUT2D eigenvalue weighted by Gasteiger charge is 2.14. The van der Waals surface area contributed by atoms with E-state index in [1.165, 1.54) is 0 Å². The van der Waals surface area contributed by atoms with Crippen molar-refractivity contribution in [1.82, 2.24) is 15.6 Å². The summed E-state index contributed by atoms with van der Waals surface area (Å²) in [7, 11) is 1.91. The number of hydrogen-bond donors (Lipinski definition) is 2. The molecular formula is C20H23N3O. The molecule has 3 aromatic rings. The monoisotopic (exact) mass is 321 g/mol. The van der Waals surface area contributed by atoms with Crippen LogP contribution in [0.1, 0.15) is 27.9 Å². The van der Waals surface area contributed by atoms with E-state index in [2.05, 4.69) is 42.7 Å². The van der Waals surface area contributed by atoms with E-state index in [-0.39, 0.29) is 5.91 Å². The zero-order valence-corrected chi connectivity index (χ0v) is 14.4. The van der Waals surface area contributed by atoms with E-state index < -0.39 is 0 Å². The normalized spacial score (nSPS) is 11.1. The average molecular weight is 321 g/mol. The second-order valence-corrected chi connectivity index (χ2v) is 6.17. The van der Waals surface area contributed by atoms with Crippen LogP contribution < -0.4 is 10.6 Å². The molecule has 4 nitrogen and oxygen atoms in total. The number of nitrogens with one attached hydrogen (secondary N) is 2. The fraction of sp³-hybridized carbons (Fsp3) is 0.300. The number of fused-ring (bicyclic) bond motifs is 2. The van der Waals surface area contributed by atoms with E-state index in [9.17, 15) is 4.79 Å². The number of benzene rings is 2. The third-order valence-corrected chi connectivity index (χ3v) is 4.36. The molecule has 1 amide bonds. The number of rotatable bonds is 5. The van der Waals surface area contributed by atoms with Gasteiger partial charge in [-0.1, -0.05) is 24.3 Å². The molecule has 0 bridgehead atoms. The number of pyridine rings is 1. The number of para-hydroxylation sites is 1. The van der Waals surface area contributed by atoms with Crippen molar-refractivity contribution in [2.24, 2.45) is 0 Å². The molecule has 0 aliphatic rings. The molecule has 1 aromatic heterocycles. The summed E-state index contributed by atoms with van der Waals surface area (Å²) in [5.41, 5.74) is 4.64. The molecule has 2 aromatic carbocycles. The molecule has 0 saturated carbocycles. The van der Waals surface area contributed by atoms with E-state index >= 15 is 0 Å². The van der Waals surface area contributed by atoms with Gasteiger partial charge in [0.1, 0.15) is 0 Å². The Balaban J connectivity index is 2.06. The summed E-state index contributed by atoms with van der Waals surface area (Å²) in [4.78, 5) is 17.4. The van der Waals surface area contributed by atoms with Crippen LogP contribution in [0.15, 0.2) is 36.4 Å². The molecule has 0 radical (unpaired) electrons.